The molecule has 0 atom stereocenters. The van der Waals surface area contributed by atoms with Crippen LogP contribution in [0.3, 0.4) is 0 Å². The van der Waals surface area contributed by atoms with Crippen LogP contribution in [0.5, 0.6) is 0 Å². The SMILES string of the molecule is C/C=[N+](/[O-])CC1CCN(C)CC1. The van der Waals surface area contributed by atoms with Crippen molar-refractivity contribution in [2.45, 2.75) is 19.8 Å². The Morgan fingerprint density at radius 3 is 2.58 bits per heavy atom. The topological polar surface area (TPSA) is 29.3 Å². The smallest absolute Gasteiger partial charge is 0.155 e. The highest BCUT2D eigenvalue weighted by molar-refractivity contribution is 5.46. The van der Waals surface area contributed by atoms with Gasteiger partial charge in [-0.1, -0.05) is 0 Å². The van der Waals surface area contributed by atoms with Gasteiger partial charge in [-0.15, -0.1) is 0 Å². The third-order valence-electron chi connectivity index (χ3n) is 2.56. The van der Waals surface area contributed by atoms with Crippen LogP contribution < -0.4 is 0 Å². The fourth-order valence-electron chi connectivity index (χ4n) is 1.60. The molecule has 1 rings (SSSR count). The number of hydroxylamine groups is 1. The van der Waals surface area contributed by atoms with Gasteiger partial charge in [0.25, 0.3) is 0 Å². The van der Waals surface area contributed by atoms with Crippen LogP contribution >= 0.6 is 0 Å². The molecule has 0 aromatic rings. The second-order valence-electron chi connectivity index (χ2n) is 3.60. The zero-order chi connectivity index (χ0) is 8.97. The molecule has 12 heavy (non-hydrogen) atoms. The fourth-order valence-corrected chi connectivity index (χ4v) is 1.60. The van der Waals surface area contributed by atoms with E-state index in [1.165, 1.54) is 12.8 Å². The number of hydrogen-bond donors (Lipinski definition) is 0. The Balaban J connectivity index is 2.26. The molecule has 1 heterocycles. The lowest BCUT2D eigenvalue weighted by Crippen LogP contribution is -2.33. The Kier molecular flexibility index (Phi) is 3.53. The summed E-state index contributed by atoms with van der Waals surface area (Å²) in [5.74, 6) is 0.606. The number of likely N-dealkylation sites (tertiary alicyclic amines) is 1. The van der Waals surface area contributed by atoms with Crippen LogP contribution in [-0.2, 0) is 0 Å². The first kappa shape index (κ1) is 9.52. The van der Waals surface area contributed by atoms with E-state index in [1.807, 2.05) is 0 Å². The summed E-state index contributed by atoms with van der Waals surface area (Å²) in [6, 6.07) is 0. The average molecular weight is 170 g/mol. The summed E-state index contributed by atoms with van der Waals surface area (Å²) in [7, 11) is 2.14. The van der Waals surface area contributed by atoms with Crippen LogP contribution in [-0.4, -0.2) is 42.5 Å². The summed E-state index contributed by atoms with van der Waals surface area (Å²) in [6.45, 7) is 4.76. The van der Waals surface area contributed by atoms with E-state index in [9.17, 15) is 5.21 Å². The van der Waals surface area contributed by atoms with Crippen LogP contribution in [0.2, 0.25) is 0 Å². The van der Waals surface area contributed by atoms with Gasteiger partial charge in [-0.25, -0.2) is 4.74 Å². The van der Waals surface area contributed by atoms with Crippen molar-refractivity contribution < 1.29 is 4.74 Å². The Morgan fingerprint density at radius 1 is 1.50 bits per heavy atom. The minimum Gasteiger partial charge on any atom is -0.624 e. The van der Waals surface area contributed by atoms with E-state index in [0.29, 0.717) is 12.5 Å². The first-order chi connectivity index (χ1) is 5.72. The normalized spacial score (nSPS) is 23.0. The second-order valence-corrected chi connectivity index (χ2v) is 3.60. The molecule has 0 unspecified atom stereocenters. The molecule has 0 aliphatic carbocycles. The molecule has 1 fully saturated rings. The van der Waals surface area contributed by atoms with E-state index < -0.39 is 0 Å². The molecule has 0 bridgehead atoms. The van der Waals surface area contributed by atoms with Crippen LogP contribution in [0.4, 0.5) is 0 Å². The maximum absolute atomic E-state index is 11.0. The van der Waals surface area contributed by atoms with Gasteiger partial charge in [0.1, 0.15) is 6.21 Å². The second kappa shape index (κ2) is 4.45. The molecule has 0 saturated carbocycles. The first-order valence-corrected chi connectivity index (χ1v) is 4.64. The molecule has 70 valence electrons. The standard InChI is InChI=1S/C9H18N2O/c1-3-11(12)8-9-4-6-10(2)7-5-9/h3,9H,4-8H2,1-2H3/b11-3+. The summed E-state index contributed by atoms with van der Waals surface area (Å²) in [6.07, 6.45) is 3.95. The van der Waals surface area contributed by atoms with Gasteiger partial charge in [0.2, 0.25) is 0 Å². The minimum atomic E-state index is 0.606. The van der Waals surface area contributed by atoms with Gasteiger partial charge in [0.05, 0.1) is 0 Å². The number of rotatable bonds is 2. The zero-order valence-electron chi connectivity index (χ0n) is 7.99. The van der Waals surface area contributed by atoms with E-state index in [0.717, 1.165) is 17.8 Å². The molecule has 0 radical (unpaired) electrons. The van der Waals surface area contributed by atoms with Gasteiger partial charge in [0, 0.05) is 12.8 Å². The molecule has 0 N–H and O–H groups in total. The van der Waals surface area contributed by atoms with E-state index >= 15 is 0 Å². The zero-order valence-corrected chi connectivity index (χ0v) is 7.99. The van der Waals surface area contributed by atoms with Crippen molar-refractivity contribution in [2.75, 3.05) is 26.7 Å². The molecule has 0 amide bonds. The van der Waals surface area contributed by atoms with Crippen molar-refractivity contribution in [1.29, 1.82) is 0 Å². The first-order valence-electron chi connectivity index (χ1n) is 4.64. The summed E-state index contributed by atoms with van der Waals surface area (Å²) < 4.78 is 1.05. The van der Waals surface area contributed by atoms with Gasteiger partial charge < -0.3 is 10.1 Å². The Bertz CT molecular complexity index is 160. The van der Waals surface area contributed by atoms with E-state index in [-0.39, 0.29) is 0 Å². The number of piperidine rings is 1. The van der Waals surface area contributed by atoms with Crippen molar-refractivity contribution in [3.63, 3.8) is 0 Å². The molecule has 3 nitrogen and oxygen atoms in total. The van der Waals surface area contributed by atoms with Crippen LogP contribution in [0.1, 0.15) is 19.8 Å². The largest absolute Gasteiger partial charge is 0.624 e. The van der Waals surface area contributed by atoms with Gasteiger partial charge in [-0.05, 0) is 33.0 Å². The fraction of sp³-hybridized carbons (Fsp3) is 0.889. The monoisotopic (exact) mass is 170 g/mol. The highest BCUT2D eigenvalue weighted by Crippen LogP contribution is 2.15. The maximum atomic E-state index is 11.0. The summed E-state index contributed by atoms with van der Waals surface area (Å²) in [5.41, 5.74) is 0. The van der Waals surface area contributed by atoms with Gasteiger partial charge >= 0.3 is 0 Å². The molecule has 3 heteroatoms. The highest BCUT2D eigenvalue weighted by atomic mass is 16.5. The lowest BCUT2D eigenvalue weighted by Gasteiger charge is -2.27. The van der Waals surface area contributed by atoms with Crippen LogP contribution in [0.15, 0.2) is 0 Å². The molecular weight excluding hydrogens is 152 g/mol. The molecule has 0 spiro atoms. The lowest BCUT2D eigenvalue weighted by atomic mass is 9.97. The Labute approximate surface area is 74.3 Å². The average Bonchev–Trinajstić information content (AvgIpc) is 2.09. The van der Waals surface area contributed by atoms with Crippen molar-refractivity contribution >= 4 is 6.21 Å². The van der Waals surface area contributed by atoms with Gasteiger partial charge in [0.15, 0.2) is 6.54 Å². The van der Waals surface area contributed by atoms with E-state index in [2.05, 4.69) is 11.9 Å². The van der Waals surface area contributed by atoms with Crippen LogP contribution in [0.25, 0.3) is 0 Å². The number of nitrogens with zero attached hydrogens (tertiary/aromatic N) is 2. The highest BCUT2D eigenvalue weighted by Gasteiger charge is 2.18. The van der Waals surface area contributed by atoms with Gasteiger partial charge in [-0.2, -0.15) is 0 Å². The third-order valence-corrected chi connectivity index (χ3v) is 2.56. The van der Waals surface area contributed by atoms with E-state index in [1.54, 1.807) is 13.1 Å². The summed E-state index contributed by atoms with van der Waals surface area (Å²) in [4.78, 5) is 2.32. The summed E-state index contributed by atoms with van der Waals surface area (Å²) in [5, 5.41) is 11.0. The third kappa shape index (κ3) is 2.81. The molecular formula is C9H18N2O. The Morgan fingerprint density at radius 2 is 2.08 bits per heavy atom. The molecule has 0 aromatic heterocycles. The summed E-state index contributed by atoms with van der Waals surface area (Å²) >= 11 is 0. The van der Waals surface area contributed by atoms with E-state index in [4.69, 9.17) is 0 Å². The minimum absolute atomic E-state index is 0.606. The molecule has 0 aromatic carbocycles. The predicted molar refractivity (Wildman–Crippen MR) is 50.5 cm³/mol. The molecule has 1 saturated heterocycles. The number of hydrogen-bond acceptors (Lipinski definition) is 2. The van der Waals surface area contributed by atoms with Crippen molar-refractivity contribution in [3.8, 4) is 0 Å². The maximum Gasteiger partial charge on any atom is 0.155 e. The lowest BCUT2D eigenvalue weighted by molar-refractivity contribution is -0.463. The van der Waals surface area contributed by atoms with Crippen molar-refractivity contribution in [2.24, 2.45) is 5.92 Å². The molecule has 1 aliphatic rings. The van der Waals surface area contributed by atoms with Crippen molar-refractivity contribution in [1.82, 2.24) is 4.90 Å². The van der Waals surface area contributed by atoms with Crippen molar-refractivity contribution in [3.05, 3.63) is 5.21 Å². The van der Waals surface area contributed by atoms with Gasteiger partial charge in [-0.3, -0.25) is 0 Å². The quantitative estimate of drug-likeness (QED) is 0.267. The Hall–Kier alpha value is -0.570. The molecule has 1 aliphatic heterocycles. The predicted octanol–water partition coefficient (Wildman–Crippen LogP) is 0.929. The van der Waals surface area contributed by atoms with Crippen LogP contribution in [0, 0.1) is 11.1 Å².